The van der Waals surface area contributed by atoms with Gasteiger partial charge in [0, 0.05) is 18.8 Å². The summed E-state index contributed by atoms with van der Waals surface area (Å²) in [6, 6.07) is 28.4. The lowest BCUT2D eigenvalue weighted by Crippen LogP contribution is -2.09. The number of carbonyl (C=O) groups excluding carboxylic acids is 4. The van der Waals surface area contributed by atoms with Gasteiger partial charge in [0.2, 0.25) is 0 Å². The Kier molecular flexibility index (Phi) is 20.4. The van der Waals surface area contributed by atoms with Crippen LogP contribution in [-0.4, -0.2) is 56.9 Å². The van der Waals surface area contributed by atoms with E-state index in [1.165, 1.54) is 12.2 Å². The highest BCUT2D eigenvalue weighted by Gasteiger charge is 2.12. The van der Waals surface area contributed by atoms with Gasteiger partial charge in [0.15, 0.2) is 0 Å². The SMILES string of the molecule is C=CC(=O)OCCCCCCOC/C=C\C(=C/C)c1ccc(C(=O)Oc2ccc(OC(=O)c3ccc(-c4ccc(OCCCCCCOC(=O)C=C)cc4)cc3)cc2)cc1. The smallest absolute Gasteiger partial charge is 0.343 e. The zero-order chi connectivity index (χ0) is 42.8. The lowest BCUT2D eigenvalue weighted by Gasteiger charge is -2.09. The molecule has 4 aromatic rings. The number of benzene rings is 4. The van der Waals surface area contributed by atoms with Crippen molar-refractivity contribution in [1.82, 2.24) is 0 Å². The predicted molar refractivity (Wildman–Crippen MR) is 233 cm³/mol. The molecule has 0 saturated carbocycles. The highest BCUT2D eigenvalue weighted by molar-refractivity contribution is 5.92. The van der Waals surface area contributed by atoms with Crippen molar-refractivity contribution in [3.8, 4) is 28.4 Å². The maximum absolute atomic E-state index is 12.9. The van der Waals surface area contributed by atoms with Crippen molar-refractivity contribution in [2.75, 3.05) is 33.0 Å². The summed E-state index contributed by atoms with van der Waals surface area (Å²) in [5.74, 6) is -0.384. The Bertz CT molecular complexity index is 2030. The normalized spacial score (nSPS) is 11.1. The first-order valence-electron chi connectivity index (χ1n) is 20.3. The van der Waals surface area contributed by atoms with E-state index < -0.39 is 17.9 Å². The van der Waals surface area contributed by atoms with Crippen LogP contribution in [-0.2, 0) is 23.8 Å². The van der Waals surface area contributed by atoms with Crippen LogP contribution in [0.5, 0.6) is 17.2 Å². The molecular formula is C50H54O10. The molecule has 0 bridgehead atoms. The second kappa shape index (κ2) is 26.5. The standard InChI is InChI=1S/C50H54O10/c1-4-38(16-15-34-55-33-11-7-8-13-36-57-47(51)5-2)39-17-21-42(22-18-39)49(53)59-45-29-31-46(32-30-45)60-50(54)43-23-19-40(20-24-43)41-25-27-44(28-26-41)56-35-12-9-10-14-37-58-48(52)6-3/h4-6,15-32H,2-3,7-14,33-37H2,1H3/b16-15-,38-4+. The molecule has 0 spiro atoms. The van der Waals surface area contributed by atoms with Crippen LogP contribution in [0.15, 0.2) is 141 Å². The molecule has 0 amide bonds. The molecule has 0 unspecified atom stereocenters. The van der Waals surface area contributed by atoms with Gasteiger partial charge in [0.1, 0.15) is 17.2 Å². The monoisotopic (exact) mass is 814 g/mol. The van der Waals surface area contributed by atoms with Crippen LogP contribution in [0.3, 0.4) is 0 Å². The average Bonchev–Trinajstić information content (AvgIpc) is 3.28. The number of carbonyl (C=O) groups is 4. The summed E-state index contributed by atoms with van der Waals surface area (Å²) >= 11 is 0. The molecule has 0 aromatic heterocycles. The van der Waals surface area contributed by atoms with Gasteiger partial charge in [-0.2, -0.15) is 0 Å². The van der Waals surface area contributed by atoms with E-state index in [4.69, 9.17) is 28.4 Å². The molecule has 0 heterocycles. The fourth-order valence-corrected chi connectivity index (χ4v) is 5.81. The maximum Gasteiger partial charge on any atom is 0.343 e. The molecule has 60 heavy (non-hydrogen) atoms. The van der Waals surface area contributed by atoms with Crippen LogP contribution in [0, 0.1) is 0 Å². The minimum atomic E-state index is -0.509. The van der Waals surface area contributed by atoms with Crippen LogP contribution in [0.2, 0.25) is 0 Å². The molecule has 0 aliphatic carbocycles. The zero-order valence-corrected chi connectivity index (χ0v) is 34.3. The lowest BCUT2D eigenvalue weighted by atomic mass is 10.0. The first-order valence-corrected chi connectivity index (χ1v) is 20.3. The second-order valence-electron chi connectivity index (χ2n) is 13.6. The Morgan fingerprint density at radius 1 is 0.500 bits per heavy atom. The van der Waals surface area contributed by atoms with Crippen LogP contribution >= 0.6 is 0 Å². The number of rotatable bonds is 26. The van der Waals surface area contributed by atoms with Crippen LogP contribution in [0.1, 0.15) is 84.6 Å². The van der Waals surface area contributed by atoms with E-state index in [9.17, 15) is 19.2 Å². The topological polar surface area (TPSA) is 124 Å². The molecule has 314 valence electrons. The largest absolute Gasteiger partial charge is 0.494 e. The number of esters is 4. The molecule has 10 heteroatoms. The highest BCUT2D eigenvalue weighted by Crippen LogP contribution is 2.25. The Morgan fingerprint density at radius 2 is 0.917 bits per heavy atom. The second-order valence-corrected chi connectivity index (χ2v) is 13.6. The van der Waals surface area contributed by atoms with E-state index >= 15 is 0 Å². The molecule has 0 radical (unpaired) electrons. The van der Waals surface area contributed by atoms with Gasteiger partial charge >= 0.3 is 23.9 Å². The van der Waals surface area contributed by atoms with Gasteiger partial charge < -0.3 is 28.4 Å². The van der Waals surface area contributed by atoms with Crippen molar-refractivity contribution in [3.63, 3.8) is 0 Å². The minimum absolute atomic E-state index is 0.316. The molecule has 0 atom stereocenters. The number of ether oxygens (including phenoxy) is 6. The molecule has 4 aromatic carbocycles. The molecule has 4 rings (SSSR count). The van der Waals surface area contributed by atoms with Gasteiger partial charge in [0.25, 0.3) is 0 Å². The Hall–Kier alpha value is -6.52. The summed E-state index contributed by atoms with van der Waals surface area (Å²) in [5.41, 5.74) is 4.66. The van der Waals surface area contributed by atoms with E-state index in [0.717, 1.165) is 79.4 Å². The third kappa shape index (κ3) is 16.8. The van der Waals surface area contributed by atoms with Gasteiger partial charge in [-0.3, -0.25) is 0 Å². The Balaban J connectivity index is 1.14. The van der Waals surface area contributed by atoms with Gasteiger partial charge in [-0.05, 0) is 135 Å². The van der Waals surface area contributed by atoms with Crippen molar-refractivity contribution in [3.05, 3.63) is 157 Å². The number of unbranched alkanes of at least 4 members (excludes halogenated alkanes) is 6. The van der Waals surface area contributed by atoms with Gasteiger partial charge in [0.05, 0.1) is 37.6 Å². The number of allylic oxidation sites excluding steroid dienone is 3. The van der Waals surface area contributed by atoms with Crippen LogP contribution in [0.25, 0.3) is 16.7 Å². The molecule has 0 aliphatic rings. The Labute approximate surface area is 353 Å². The summed E-state index contributed by atoms with van der Waals surface area (Å²) < 4.78 is 32.7. The first-order chi connectivity index (χ1) is 29.3. The quantitative estimate of drug-likeness (QED) is 0.0199. The summed E-state index contributed by atoms with van der Waals surface area (Å²) in [7, 11) is 0. The van der Waals surface area contributed by atoms with Crippen molar-refractivity contribution in [2.24, 2.45) is 0 Å². The fourth-order valence-electron chi connectivity index (χ4n) is 5.81. The number of hydrogen-bond donors (Lipinski definition) is 0. The van der Waals surface area contributed by atoms with Gasteiger partial charge in [-0.15, -0.1) is 0 Å². The van der Waals surface area contributed by atoms with Crippen molar-refractivity contribution >= 4 is 29.5 Å². The zero-order valence-electron chi connectivity index (χ0n) is 34.3. The third-order valence-electron chi connectivity index (χ3n) is 9.14. The molecule has 0 aliphatic heterocycles. The summed E-state index contributed by atoms with van der Waals surface area (Å²) in [4.78, 5) is 47.9. The number of hydrogen-bond acceptors (Lipinski definition) is 10. The average molecular weight is 815 g/mol. The van der Waals surface area contributed by atoms with Crippen LogP contribution < -0.4 is 14.2 Å². The van der Waals surface area contributed by atoms with Crippen molar-refractivity contribution in [2.45, 2.75) is 58.3 Å². The van der Waals surface area contributed by atoms with Gasteiger partial charge in [-0.25, -0.2) is 19.2 Å². The third-order valence-corrected chi connectivity index (χ3v) is 9.14. The summed E-state index contributed by atoms with van der Waals surface area (Å²) in [6.45, 7) is 11.3. The van der Waals surface area contributed by atoms with Crippen LogP contribution in [0.4, 0.5) is 0 Å². The Morgan fingerprint density at radius 3 is 1.40 bits per heavy atom. The fraction of sp³-hybridized carbons (Fsp3) is 0.280. The lowest BCUT2D eigenvalue weighted by molar-refractivity contribution is -0.138. The molecular weight excluding hydrogens is 761 g/mol. The van der Waals surface area contributed by atoms with E-state index in [0.29, 0.717) is 55.7 Å². The van der Waals surface area contributed by atoms with E-state index in [1.54, 1.807) is 48.5 Å². The molecule has 10 nitrogen and oxygen atoms in total. The predicted octanol–water partition coefficient (Wildman–Crippen LogP) is 10.7. The molecule has 0 fully saturated rings. The highest BCUT2D eigenvalue weighted by atomic mass is 16.5. The summed E-state index contributed by atoms with van der Waals surface area (Å²) in [5, 5.41) is 0. The van der Waals surface area contributed by atoms with E-state index in [2.05, 4.69) is 13.2 Å². The van der Waals surface area contributed by atoms with E-state index in [-0.39, 0.29) is 5.97 Å². The van der Waals surface area contributed by atoms with Crippen molar-refractivity contribution < 1.29 is 47.6 Å². The van der Waals surface area contributed by atoms with Gasteiger partial charge in [-0.1, -0.05) is 74.2 Å². The maximum atomic E-state index is 12.9. The summed E-state index contributed by atoms with van der Waals surface area (Å²) in [6.07, 6.45) is 15.7. The molecule has 0 saturated heterocycles. The first kappa shape index (κ1) is 46.2. The molecule has 0 N–H and O–H groups in total. The van der Waals surface area contributed by atoms with Crippen molar-refractivity contribution in [1.29, 1.82) is 0 Å². The minimum Gasteiger partial charge on any atom is -0.494 e. The van der Waals surface area contributed by atoms with E-state index in [1.807, 2.05) is 73.7 Å².